The van der Waals surface area contributed by atoms with Crippen LogP contribution in [0.3, 0.4) is 0 Å². The minimum atomic E-state index is -0.676. The number of hydrogen-bond donors (Lipinski definition) is 2. The van der Waals surface area contributed by atoms with Crippen molar-refractivity contribution in [1.29, 1.82) is 0 Å². The van der Waals surface area contributed by atoms with E-state index in [2.05, 4.69) is 33.7 Å². The fourth-order valence-corrected chi connectivity index (χ4v) is 4.27. The maximum Gasteiger partial charge on any atom is 0.338 e. The van der Waals surface area contributed by atoms with Gasteiger partial charge in [0.25, 0.3) is 0 Å². The highest BCUT2D eigenvalue weighted by atomic mass is 35.5. The molecule has 160 valence electrons. The fraction of sp³-hybridized carbons (Fsp3) is 0.250. The number of hydrogen-bond acceptors (Lipinski definition) is 4. The predicted octanol–water partition coefficient (Wildman–Crippen LogP) is 3.91. The lowest BCUT2D eigenvalue weighted by Gasteiger charge is -2.33. The average molecular weight is 438 g/mol. The van der Waals surface area contributed by atoms with Gasteiger partial charge in [-0.2, -0.15) is 0 Å². The number of urea groups is 1. The van der Waals surface area contributed by atoms with Crippen molar-refractivity contribution in [3.05, 3.63) is 88.1 Å². The number of carbonyl (C=O) groups is 2. The second-order valence-electron chi connectivity index (χ2n) is 7.52. The Labute approximate surface area is 186 Å². The van der Waals surface area contributed by atoms with Crippen LogP contribution in [0.5, 0.6) is 0 Å². The van der Waals surface area contributed by atoms with Gasteiger partial charge in [-0.3, -0.25) is 4.90 Å². The Kier molecular flexibility index (Phi) is 6.39. The van der Waals surface area contributed by atoms with Crippen LogP contribution in [0.4, 0.5) is 4.79 Å². The summed E-state index contributed by atoms with van der Waals surface area (Å²) >= 11 is 6.37. The predicted molar refractivity (Wildman–Crippen MR) is 120 cm³/mol. The Balaban J connectivity index is 1.61. The summed E-state index contributed by atoms with van der Waals surface area (Å²) < 4.78 is 5.05. The Morgan fingerprint density at radius 2 is 1.90 bits per heavy atom. The first kappa shape index (κ1) is 21.2. The first-order valence-electron chi connectivity index (χ1n) is 10.2. The fourth-order valence-electron chi connectivity index (χ4n) is 4.03. The van der Waals surface area contributed by atoms with E-state index in [0.717, 1.165) is 19.5 Å². The van der Waals surface area contributed by atoms with Gasteiger partial charge >= 0.3 is 12.0 Å². The van der Waals surface area contributed by atoms with Crippen LogP contribution < -0.4 is 10.6 Å². The molecule has 1 unspecified atom stereocenters. The second-order valence-corrected chi connectivity index (χ2v) is 7.92. The Morgan fingerprint density at radius 1 is 1.16 bits per heavy atom. The van der Waals surface area contributed by atoms with Crippen molar-refractivity contribution in [2.45, 2.75) is 12.5 Å². The van der Waals surface area contributed by atoms with E-state index in [1.807, 2.05) is 30.3 Å². The van der Waals surface area contributed by atoms with E-state index in [-0.39, 0.29) is 6.03 Å². The molecule has 0 aliphatic carbocycles. The highest BCUT2D eigenvalue weighted by molar-refractivity contribution is 6.31. The smallest absolute Gasteiger partial charge is 0.338 e. The zero-order valence-corrected chi connectivity index (χ0v) is 18.0. The molecule has 6 nitrogen and oxygen atoms in total. The molecule has 0 bridgehead atoms. The van der Waals surface area contributed by atoms with E-state index in [0.29, 0.717) is 28.4 Å². The molecule has 0 spiro atoms. The SMILES string of the molecule is COC(=O)C1=C(CN2CC=C(c3ccccc3)CC2)NC(=O)NC1c1ccccc1Cl. The lowest BCUT2D eigenvalue weighted by molar-refractivity contribution is -0.136. The number of nitrogens with one attached hydrogen (secondary N) is 2. The third-order valence-electron chi connectivity index (χ3n) is 5.59. The first-order valence-corrected chi connectivity index (χ1v) is 10.5. The van der Waals surface area contributed by atoms with Crippen LogP contribution in [0.2, 0.25) is 5.02 Å². The maximum atomic E-state index is 12.7. The van der Waals surface area contributed by atoms with Gasteiger partial charge < -0.3 is 15.4 Å². The summed E-state index contributed by atoms with van der Waals surface area (Å²) in [6.45, 7) is 1.97. The summed E-state index contributed by atoms with van der Waals surface area (Å²) in [6, 6.07) is 16.4. The van der Waals surface area contributed by atoms with Gasteiger partial charge in [0.2, 0.25) is 0 Å². The second kappa shape index (κ2) is 9.37. The van der Waals surface area contributed by atoms with Crippen molar-refractivity contribution < 1.29 is 14.3 Å². The van der Waals surface area contributed by atoms with Gasteiger partial charge in [0.15, 0.2) is 0 Å². The van der Waals surface area contributed by atoms with Gasteiger partial charge in [-0.15, -0.1) is 0 Å². The molecule has 2 amide bonds. The van der Waals surface area contributed by atoms with Crippen molar-refractivity contribution in [3.63, 3.8) is 0 Å². The number of carbonyl (C=O) groups excluding carboxylic acids is 2. The van der Waals surface area contributed by atoms with Crippen LogP contribution in [0.25, 0.3) is 5.57 Å². The van der Waals surface area contributed by atoms with Gasteiger partial charge in [-0.05, 0) is 29.2 Å². The molecule has 2 aliphatic rings. The van der Waals surface area contributed by atoms with Crippen LogP contribution in [-0.4, -0.2) is 43.6 Å². The number of halogens is 1. The normalized spacial score (nSPS) is 19.4. The third-order valence-corrected chi connectivity index (χ3v) is 5.94. The summed E-state index contributed by atoms with van der Waals surface area (Å²) in [5.41, 5.74) is 4.10. The van der Waals surface area contributed by atoms with E-state index < -0.39 is 12.0 Å². The highest BCUT2D eigenvalue weighted by Crippen LogP contribution is 2.32. The Bertz CT molecular complexity index is 1050. The maximum absolute atomic E-state index is 12.7. The van der Waals surface area contributed by atoms with Crippen molar-refractivity contribution in [2.75, 3.05) is 26.7 Å². The molecule has 4 rings (SSSR count). The molecule has 2 heterocycles. The summed E-state index contributed by atoms with van der Waals surface area (Å²) in [7, 11) is 1.34. The van der Waals surface area contributed by atoms with E-state index in [9.17, 15) is 9.59 Å². The zero-order valence-electron chi connectivity index (χ0n) is 17.2. The van der Waals surface area contributed by atoms with Gasteiger partial charge in [0, 0.05) is 30.4 Å². The van der Waals surface area contributed by atoms with Crippen LogP contribution >= 0.6 is 11.6 Å². The molecule has 2 aromatic carbocycles. The quantitative estimate of drug-likeness (QED) is 0.696. The summed E-state index contributed by atoms with van der Waals surface area (Å²) in [5, 5.41) is 6.10. The van der Waals surface area contributed by atoms with Crippen LogP contribution in [0, 0.1) is 0 Å². The van der Waals surface area contributed by atoms with E-state index in [4.69, 9.17) is 16.3 Å². The number of amides is 2. The highest BCUT2D eigenvalue weighted by Gasteiger charge is 2.35. The first-order chi connectivity index (χ1) is 15.1. The number of ether oxygens (including phenoxy) is 1. The van der Waals surface area contributed by atoms with Crippen molar-refractivity contribution in [3.8, 4) is 0 Å². The standard InChI is InChI=1S/C24H24ClN3O3/c1-31-23(29)21-20(26-24(30)27-22(21)18-9-5-6-10-19(18)25)15-28-13-11-17(12-14-28)16-7-3-2-4-8-16/h2-11,22H,12-15H2,1H3,(H2,26,27,30). The summed E-state index contributed by atoms with van der Waals surface area (Å²) in [5.74, 6) is -0.495. The average Bonchev–Trinajstić information content (AvgIpc) is 2.80. The number of esters is 1. The zero-order chi connectivity index (χ0) is 21.8. The molecular formula is C24H24ClN3O3. The summed E-state index contributed by atoms with van der Waals surface area (Å²) in [6.07, 6.45) is 3.09. The summed E-state index contributed by atoms with van der Waals surface area (Å²) in [4.78, 5) is 27.3. The largest absolute Gasteiger partial charge is 0.466 e. The minimum Gasteiger partial charge on any atom is -0.466 e. The number of benzene rings is 2. The van der Waals surface area contributed by atoms with Crippen LogP contribution in [0.1, 0.15) is 23.6 Å². The van der Waals surface area contributed by atoms with Crippen LogP contribution in [-0.2, 0) is 9.53 Å². The van der Waals surface area contributed by atoms with Gasteiger partial charge in [-0.1, -0.05) is 66.2 Å². The molecule has 0 saturated heterocycles. The Morgan fingerprint density at radius 3 is 2.58 bits per heavy atom. The number of rotatable bonds is 5. The van der Waals surface area contributed by atoms with Crippen molar-refractivity contribution in [2.24, 2.45) is 0 Å². The van der Waals surface area contributed by atoms with Crippen molar-refractivity contribution in [1.82, 2.24) is 15.5 Å². The molecule has 2 aromatic rings. The van der Waals surface area contributed by atoms with E-state index in [1.165, 1.54) is 18.2 Å². The van der Waals surface area contributed by atoms with E-state index in [1.54, 1.807) is 12.1 Å². The van der Waals surface area contributed by atoms with Gasteiger partial charge in [-0.25, -0.2) is 9.59 Å². The molecule has 0 fully saturated rings. The molecule has 0 radical (unpaired) electrons. The Hall–Kier alpha value is -3.09. The molecule has 0 aromatic heterocycles. The van der Waals surface area contributed by atoms with Crippen LogP contribution in [0.15, 0.2) is 71.9 Å². The molecular weight excluding hydrogens is 414 g/mol. The molecule has 2 N–H and O–H groups in total. The van der Waals surface area contributed by atoms with Gasteiger partial charge in [0.1, 0.15) is 0 Å². The minimum absolute atomic E-state index is 0.369. The van der Waals surface area contributed by atoms with Gasteiger partial charge in [0.05, 0.1) is 18.7 Å². The monoisotopic (exact) mass is 437 g/mol. The third kappa shape index (κ3) is 4.65. The molecule has 0 saturated carbocycles. The lowest BCUT2D eigenvalue weighted by Crippen LogP contribution is -2.48. The molecule has 7 heteroatoms. The number of methoxy groups -OCH3 is 1. The molecule has 2 aliphatic heterocycles. The molecule has 1 atom stereocenters. The number of nitrogens with zero attached hydrogens (tertiary/aromatic N) is 1. The van der Waals surface area contributed by atoms with Crippen molar-refractivity contribution >= 4 is 29.2 Å². The lowest BCUT2D eigenvalue weighted by atomic mass is 9.94. The molecule has 31 heavy (non-hydrogen) atoms. The van der Waals surface area contributed by atoms with E-state index >= 15 is 0 Å². The topological polar surface area (TPSA) is 70.7 Å².